The molecule has 3 nitrogen and oxygen atoms in total. The van der Waals surface area contributed by atoms with Gasteiger partial charge in [-0.25, -0.2) is 0 Å². The molecule has 0 saturated carbocycles. The molecule has 1 rings (SSSR count). The van der Waals surface area contributed by atoms with Crippen LogP contribution in [0, 0.1) is 0 Å². The van der Waals surface area contributed by atoms with Gasteiger partial charge in [0.2, 0.25) is 0 Å². The van der Waals surface area contributed by atoms with Crippen LogP contribution in [0.3, 0.4) is 0 Å². The number of hydrogen-bond donors (Lipinski definition) is 1. The summed E-state index contributed by atoms with van der Waals surface area (Å²) in [6.45, 7) is 0.567. The molecule has 1 aromatic carbocycles. The molecule has 0 bridgehead atoms. The van der Waals surface area contributed by atoms with Gasteiger partial charge in [-0.1, -0.05) is 35.6 Å². The van der Waals surface area contributed by atoms with E-state index in [1.165, 1.54) is 0 Å². The van der Waals surface area contributed by atoms with E-state index in [2.05, 4.69) is 10.3 Å². The van der Waals surface area contributed by atoms with Gasteiger partial charge >= 0.3 is 0 Å². The highest BCUT2D eigenvalue weighted by atomic mass is 15.3. The van der Waals surface area contributed by atoms with Crippen molar-refractivity contribution in [3.8, 4) is 0 Å². The van der Waals surface area contributed by atoms with Crippen molar-refractivity contribution >= 4 is 0 Å². The molecule has 0 radical (unpaired) electrons. The van der Waals surface area contributed by atoms with Crippen molar-refractivity contribution < 1.29 is 0 Å². The Kier molecular flexibility index (Phi) is 2.43. The predicted octanol–water partition coefficient (Wildman–Crippen LogP) is 1.51. The van der Waals surface area contributed by atoms with Crippen molar-refractivity contribution in [1.29, 1.82) is 0 Å². The van der Waals surface area contributed by atoms with Crippen molar-refractivity contribution in [3.63, 3.8) is 0 Å². The molecule has 10 heavy (non-hydrogen) atoms. The van der Waals surface area contributed by atoms with Gasteiger partial charge in [0.25, 0.3) is 0 Å². The second-order valence-corrected chi connectivity index (χ2v) is 1.90. The predicted molar refractivity (Wildman–Crippen MR) is 39.2 cm³/mol. The van der Waals surface area contributed by atoms with Crippen LogP contribution in [0.5, 0.6) is 0 Å². The van der Waals surface area contributed by atoms with Crippen molar-refractivity contribution in [3.05, 3.63) is 35.9 Å². The Morgan fingerprint density at radius 1 is 1.20 bits per heavy atom. The number of benzene rings is 1. The molecule has 0 heterocycles. The first-order valence-corrected chi connectivity index (χ1v) is 3.04. The fourth-order valence-electron chi connectivity index (χ4n) is 0.706. The van der Waals surface area contributed by atoms with Crippen LogP contribution in [-0.4, -0.2) is 0 Å². The summed E-state index contributed by atoms with van der Waals surface area (Å²) < 4.78 is 0. The van der Waals surface area contributed by atoms with Gasteiger partial charge in [0, 0.05) is 0 Å². The second-order valence-electron chi connectivity index (χ2n) is 1.90. The van der Waals surface area contributed by atoms with Gasteiger partial charge in [0.1, 0.15) is 0 Å². The van der Waals surface area contributed by atoms with Gasteiger partial charge in [-0.15, -0.1) is 0 Å². The third kappa shape index (κ3) is 1.85. The fraction of sp³-hybridized carbons (Fsp3) is 0.143. The van der Waals surface area contributed by atoms with Crippen LogP contribution in [0.2, 0.25) is 0 Å². The van der Waals surface area contributed by atoms with E-state index >= 15 is 0 Å². The van der Waals surface area contributed by atoms with Crippen LogP contribution in [-0.2, 0) is 6.54 Å². The fourth-order valence-corrected chi connectivity index (χ4v) is 0.706. The second kappa shape index (κ2) is 3.61. The summed E-state index contributed by atoms with van der Waals surface area (Å²) in [5, 5.41) is 6.80. The summed E-state index contributed by atoms with van der Waals surface area (Å²) in [4.78, 5) is 0. The number of rotatable bonds is 2. The Labute approximate surface area is 59.6 Å². The van der Waals surface area contributed by atoms with E-state index in [9.17, 15) is 0 Å². The first kappa shape index (κ1) is 6.74. The van der Waals surface area contributed by atoms with Gasteiger partial charge in [-0.3, -0.25) is 0 Å². The minimum absolute atomic E-state index is 0.567. The van der Waals surface area contributed by atoms with E-state index in [0.717, 1.165) is 5.56 Å². The summed E-state index contributed by atoms with van der Waals surface area (Å²) in [5.74, 6) is 4.83. The maximum atomic E-state index is 4.83. The normalized spacial score (nSPS) is 10.4. The summed E-state index contributed by atoms with van der Waals surface area (Å²) in [6.07, 6.45) is 0. The number of hydrogen-bond acceptors (Lipinski definition) is 2. The molecule has 0 aliphatic heterocycles. The van der Waals surface area contributed by atoms with Crippen molar-refractivity contribution in [2.24, 2.45) is 16.2 Å². The van der Waals surface area contributed by atoms with Crippen molar-refractivity contribution in [2.75, 3.05) is 0 Å². The molecule has 0 aliphatic carbocycles. The van der Waals surface area contributed by atoms with E-state index in [-0.39, 0.29) is 0 Å². The smallest absolute Gasteiger partial charge is 0.0870 e. The lowest BCUT2D eigenvalue weighted by atomic mass is 10.2. The largest absolute Gasteiger partial charge is 0.305 e. The molecule has 0 aromatic heterocycles. The van der Waals surface area contributed by atoms with Gasteiger partial charge in [0.05, 0.1) is 6.54 Å². The maximum Gasteiger partial charge on any atom is 0.0870 e. The summed E-state index contributed by atoms with van der Waals surface area (Å²) in [7, 11) is 0. The molecule has 52 valence electrons. The number of nitrogens with zero attached hydrogens (tertiary/aromatic N) is 2. The summed E-state index contributed by atoms with van der Waals surface area (Å²) in [6, 6.07) is 9.84. The molecule has 2 N–H and O–H groups in total. The molecule has 0 atom stereocenters. The number of nitrogens with two attached hydrogens (primary N) is 1. The Bertz CT molecular complexity index is 205. The Hall–Kier alpha value is -1.38. The van der Waals surface area contributed by atoms with E-state index in [1.807, 2.05) is 30.3 Å². The van der Waals surface area contributed by atoms with E-state index in [0.29, 0.717) is 6.54 Å². The maximum absolute atomic E-state index is 4.83. The monoisotopic (exact) mass is 135 g/mol. The highest BCUT2D eigenvalue weighted by Crippen LogP contribution is 1.99. The van der Waals surface area contributed by atoms with Gasteiger partial charge in [-0.2, -0.15) is 5.11 Å². The first-order valence-electron chi connectivity index (χ1n) is 3.04. The molecule has 0 unspecified atom stereocenters. The van der Waals surface area contributed by atoms with Crippen LogP contribution in [0.15, 0.2) is 40.7 Å². The first-order chi connectivity index (χ1) is 4.93. The molecular weight excluding hydrogens is 126 g/mol. The Morgan fingerprint density at radius 2 is 1.90 bits per heavy atom. The molecule has 1 aromatic rings. The molecule has 0 saturated heterocycles. The van der Waals surface area contributed by atoms with E-state index in [4.69, 9.17) is 5.84 Å². The molecule has 0 aliphatic rings. The standard InChI is InChI=1S/C7H9N3/c8-10-9-6-7-4-2-1-3-5-7/h1-5H,6H2,(H2,8,9). The SMILES string of the molecule is NN=NCc1ccccc1. The molecule has 3 heteroatoms. The lowest BCUT2D eigenvalue weighted by molar-refractivity contribution is 0.893. The van der Waals surface area contributed by atoms with Crippen molar-refractivity contribution in [2.45, 2.75) is 6.54 Å². The zero-order valence-corrected chi connectivity index (χ0v) is 5.57. The summed E-state index contributed by atoms with van der Waals surface area (Å²) in [5.41, 5.74) is 1.12. The van der Waals surface area contributed by atoms with Crippen LogP contribution < -0.4 is 5.84 Å². The van der Waals surface area contributed by atoms with E-state index in [1.54, 1.807) is 0 Å². The minimum atomic E-state index is 0.567. The van der Waals surface area contributed by atoms with Crippen LogP contribution in [0.25, 0.3) is 0 Å². The third-order valence-corrected chi connectivity index (χ3v) is 1.18. The summed E-state index contributed by atoms with van der Waals surface area (Å²) >= 11 is 0. The van der Waals surface area contributed by atoms with Crippen LogP contribution in [0.4, 0.5) is 0 Å². The molecule has 0 fully saturated rings. The minimum Gasteiger partial charge on any atom is -0.305 e. The zero-order valence-electron chi connectivity index (χ0n) is 5.57. The van der Waals surface area contributed by atoms with Gasteiger partial charge in [0.15, 0.2) is 0 Å². The lowest BCUT2D eigenvalue weighted by Gasteiger charge is -1.90. The zero-order chi connectivity index (χ0) is 7.23. The highest BCUT2D eigenvalue weighted by Gasteiger charge is 1.84. The quantitative estimate of drug-likeness (QED) is 0.373. The third-order valence-electron chi connectivity index (χ3n) is 1.18. The topological polar surface area (TPSA) is 50.7 Å². The van der Waals surface area contributed by atoms with Gasteiger partial charge in [-0.05, 0) is 5.56 Å². The van der Waals surface area contributed by atoms with Gasteiger partial charge < -0.3 is 5.84 Å². The van der Waals surface area contributed by atoms with Crippen LogP contribution >= 0.6 is 0 Å². The Balaban J connectivity index is 2.59. The Morgan fingerprint density at radius 3 is 2.50 bits per heavy atom. The molecule has 0 spiro atoms. The van der Waals surface area contributed by atoms with Crippen molar-refractivity contribution in [1.82, 2.24) is 0 Å². The lowest BCUT2D eigenvalue weighted by Crippen LogP contribution is -1.80. The average Bonchev–Trinajstić information content (AvgIpc) is 2.03. The highest BCUT2D eigenvalue weighted by molar-refractivity contribution is 5.13. The molecular formula is C7H9N3. The van der Waals surface area contributed by atoms with E-state index < -0.39 is 0 Å². The average molecular weight is 135 g/mol. The van der Waals surface area contributed by atoms with Crippen LogP contribution in [0.1, 0.15) is 5.56 Å². The molecule has 0 amide bonds.